The number of imidazole rings is 1. The molecule has 0 saturated carbocycles. The van der Waals surface area contributed by atoms with Gasteiger partial charge in [0, 0.05) is 11.9 Å². The van der Waals surface area contributed by atoms with E-state index in [1.54, 1.807) is 4.57 Å². The number of nitrogens with zero attached hydrogens (tertiary/aromatic N) is 2. The van der Waals surface area contributed by atoms with E-state index in [1.165, 1.54) is 31.1 Å². The van der Waals surface area contributed by atoms with Crippen LogP contribution in [0.1, 0.15) is 37.6 Å². The van der Waals surface area contributed by atoms with Crippen LogP contribution in [0.15, 0.2) is 48.5 Å². The minimum absolute atomic E-state index is 0.00359. The fourth-order valence-corrected chi connectivity index (χ4v) is 4.01. The van der Waals surface area contributed by atoms with E-state index in [-0.39, 0.29) is 18.2 Å². The SMILES string of the molecule is CCCCCc1ccc(NC(=O)Cn2c(CS(C)(=O)=O)nc3ccccc32)cc1. The van der Waals surface area contributed by atoms with E-state index < -0.39 is 9.84 Å². The van der Waals surface area contributed by atoms with Crippen molar-refractivity contribution in [2.45, 2.75) is 44.9 Å². The van der Waals surface area contributed by atoms with E-state index >= 15 is 0 Å². The van der Waals surface area contributed by atoms with E-state index in [4.69, 9.17) is 0 Å². The molecule has 1 amide bonds. The van der Waals surface area contributed by atoms with Gasteiger partial charge in [-0.25, -0.2) is 13.4 Å². The van der Waals surface area contributed by atoms with Crippen LogP contribution >= 0.6 is 0 Å². The minimum atomic E-state index is -3.27. The van der Waals surface area contributed by atoms with Gasteiger partial charge in [0.1, 0.15) is 18.1 Å². The fourth-order valence-electron chi connectivity index (χ4n) is 3.32. The summed E-state index contributed by atoms with van der Waals surface area (Å²) in [6.45, 7) is 2.19. The van der Waals surface area contributed by atoms with E-state index in [0.29, 0.717) is 11.3 Å². The molecule has 2 aromatic carbocycles. The smallest absolute Gasteiger partial charge is 0.244 e. The van der Waals surface area contributed by atoms with Crippen LogP contribution in [0.4, 0.5) is 5.69 Å². The molecule has 1 N–H and O–H groups in total. The van der Waals surface area contributed by atoms with Gasteiger partial charge >= 0.3 is 0 Å². The summed E-state index contributed by atoms with van der Waals surface area (Å²) in [7, 11) is -3.27. The third kappa shape index (κ3) is 5.90. The van der Waals surface area contributed by atoms with Crippen LogP contribution in [0.5, 0.6) is 0 Å². The molecule has 0 saturated heterocycles. The minimum Gasteiger partial charge on any atom is -0.325 e. The van der Waals surface area contributed by atoms with Gasteiger partial charge in [-0.15, -0.1) is 0 Å². The number of carbonyl (C=O) groups is 1. The highest BCUT2D eigenvalue weighted by atomic mass is 32.2. The Balaban J connectivity index is 1.73. The lowest BCUT2D eigenvalue weighted by molar-refractivity contribution is -0.116. The third-order valence-corrected chi connectivity index (χ3v) is 5.52. The van der Waals surface area contributed by atoms with Gasteiger partial charge in [0.2, 0.25) is 5.91 Å². The largest absolute Gasteiger partial charge is 0.325 e. The van der Waals surface area contributed by atoms with Crippen molar-refractivity contribution in [3.63, 3.8) is 0 Å². The van der Waals surface area contributed by atoms with Crippen LogP contribution in [0.2, 0.25) is 0 Å². The summed E-state index contributed by atoms with van der Waals surface area (Å²) in [5.41, 5.74) is 3.40. The Morgan fingerprint density at radius 2 is 1.79 bits per heavy atom. The first-order valence-corrected chi connectivity index (χ1v) is 11.9. The van der Waals surface area contributed by atoms with Crippen LogP contribution in [0.3, 0.4) is 0 Å². The molecule has 6 nitrogen and oxygen atoms in total. The summed E-state index contributed by atoms with van der Waals surface area (Å²) in [5.74, 6) is -0.0572. The molecule has 0 radical (unpaired) electrons. The molecule has 0 unspecified atom stereocenters. The second-order valence-corrected chi connectivity index (χ2v) is 9.52. The Morgan fingerprint density at radius 1 is 1.07 bits per heavy atom. The van der Waals surface area contributed by atoms with E-state index in [9.17, 15) is 13.2 Å². The maximum Gasteiger partial charge on any atom is 0.244 e. The number of aromatic nitrogens is 2. The van der Waals surface area contributed by atoms with Crippen molar-refractivity contribution in [2.75, 3.05) is 11.6 Å². The molecule has 0 aliphatic rings. The van der Waals surface area contributed by atoms with Gasteiger partial charge in [-0.3, -0.25) is 4.79 Å². The number of fused-ring (bicyclic) bond motifs is 1. The first-order chi connectivity index (χ1) is 13.9. The Bertz CT molecular complexity index is 1090. The predicted molar refractivity (Wildman–Crippen MR) is 117 cm³/mol. The Labute approximate surface area is 171 Å². The number of hydrogen-bond donors (Lipinski definition) is 1. The summed E-state index contributed by atoms with van der Waals surface area (Å²) in [5, 5.41) is 2.89. The first kappa shape index (κ1) is 21.0. The van der Waals surface area contributed by atoms with Gasteiger partial charge in [0.25, 0.3) is 0 Å². The van der Waals surface area contributed by atoms with Gasteiger partial charge in [-0.05, 0) is 42.7 Å². The zero-order valence-electron chi connectivity index (χ0n) is 16.9. The molecular formula is C22H27N3O3S. The average Bonchev–Trinajstić information content (AvgIpc) is 2.99. The normalized spacial score (nSPS) is 11.7. The molecule has 3 rings (SSSR count). The molecule has 0 bridgehead atoms. The molecule has 7 heteroatoms. The van der Waals surface area contributed by atoms with Crippen LogP contribution < -0.4 is 5.32 Å². The van der Waals surface area contributed by atoms with Crippen molar-refractivity contribution in [3.05, 3.63) is 59.9 Å². The molecule has 0 fully saturated rings. The number of aryl methyl sites for hydroxylation is 1. The summed E-state index contributed by atoms with van der Waals surface area (Å²) in [6, 6.07) is 15.2. The van der Waals surface area contributed by atoms with Gasteiger partial charge < -0.3 is 9.88 Å². The average molecular weight is 414 g/mol. The second-order valence-electron chi connectivity index (χ2n) is 7.38. The van der Waals surface area contributed by atoms with E-state index in [2.05, 4.69) is 17.2 Å². The molecule has 0 atom stereocenters. The standard InChI is InChI=1S/C22H27N3O3S/c1-3-4-5-8-17-11-13-18(14-12-17)23-22(26)15-25-20-10-7-6-9-19(20)24-21(25)16-29(2,27)28/h6-7,9-14H,3-5,8,15-16H2,1-2H3,(H,23,26). The second kappa shape index (κ2) is 9.22. The fraction of sp³-hybridized carbons (Fsp3) is 0.364. The number of nitrogens with one attached hydrogen (secondary N) is 1. The number of rotatable bonds is 9. The number of benzene rings is 2. The van der Waals surface area contributed by atoms with Crippen LogP contribution in [-0.2, 0) is 33.4 Å². The third-order valence-electron chi connectivity index (χ3n) is 4.73. The lowest BCUT2D eigenvalue weighted by atomic mass is 10.1. The number of carbonyl (C=O) groups excluding carboxylic acids is 1. The molecular weight excluding hydrogens is 386 g/mol. The highest BCUT2D eigenvalue weighted by Gasteiger charge is 2.17. The molecule has 29 heavy (non-hydrogen) atoms. The van der Waals surface area contributed by atoms with Crippen molar-refractivity contribution >= 4 is 32.5 Å². The first-order valence-electron chi connectivity index (χ1n) is 9.86. The molecule has 0 aliphatic carbocycles. The quantitative estimate of drug-likeness (QED) is 0.539. The van der Waals surface area contributed by atoms with Gasteiger partial charge in [-0.1, -0.05) is 44.0 Å². The van der Waals surface area contributed by atoms with E-state index in [0.717, 1.165) is 17.6 Å². The number of amides is 1. The predicted octanol–water partition coefficient (Wildman–Crippen LogP) is 3.95. The summed E-state index contributed by atoms with van der Waals surface area (Å²) in [4.78, 5) is 17.0. The molecule has 154 valence electrons. The van der Waals surface area contributed by atoms with Crippen LogP contribution in [-0.4, -0.2) is 30.1 Å². The van der Waals surface area contributed by atoms with Gasteiger partial charge in [0.15, 0.2) is 9.84 Å². The monoisotopic (exact) mass is 413 g/mol. The lowest BCUT2D eigenvalue weighted by Crippen LogP contribution is -2.21. The maximum absolute atomic E-state index is 12.6. The van der Waals surface area contributed by atoms with E-state index in [1.807, 2.05) is 48.5 Å². The summed E-state index contributed by atoms with van der Waals surface area (Å²) in [6.07, 6.45) is 5.78. The van der Waals surface area contributed by atoms with Gasteiger partial charge in [-0.2, -0.15) is 0 Å². The summed E-state index contributed by atoms with van der Waals surface area (Å²) < 4.78 is 25.2. The maximum atomic E-state index is 12.6. The zero-order valence-corrected chi connectivity index (χ0v) is 17.7. The Hall–Kier alpha value is -2.67. The molecule has 0 spiro atoms. The number of sulfone groups is 1. The Kier molecular flexibility index (Phi) is 6.69. The highest BCUT2D eigenvalue weighted by Crippen LogP contribution is 2.18. The number of hydrogen-bond acceptors (Lipinski definition) is 4. The van der Waals surface area contributed by atoms with Gasteiger partial charge in [0.05, 0.1) is 11.0 Å². The van der Waals surface area contributed by atoms with Crippen molar-refractivity contribution in [1.29, 1.82) is 0 Å². The number of anilines is 1. The summed E-state index contributed by atoms with van der Waals surface area (Å²) >= 11 is 0. The van der Waals surface area contributed by atoms with Crippen LogP contribution in [0, 0.1) is 0 Å². The molecule has 1 aromatic heterocycles. The lowest BCUT2D eigenvalue weighted by Gasteiger charge is -2.10. The topological polar surface area (TPSA) is 81.1 Å². The van der Waals surface area contributed by atoms with Crippen molar-refractivity contribution in [1.82, 2.24) is 9.55 Å². The van der Waals surface area contributed by atoms with Crippen molar-refractivity contribution in [3.8, 4) is 0 Å². The molecule has 0 aliphatic heterocycles. The van der Waals surface area contributed by atoms with Crippen LogP contribution in [0.25, 0.3) is 11.0 Å². The number of para-hydroxylation sites is 2. The molecule has 1 heterocycles. The van der Waals surface area contributed by atoms with Crippen molar-refractivity contribution in [2.24, 2.45) is 0 Å². The highest BCUT2D eigenvalue weighted by molar-refractivity contribution is 7.89. The number of unbranched alkanes of at least 4 members (excludes halogenated alkanes) is 2. The van der Waals surface area contributed by atoms with Crippen molar-refractivity contribution < 1.29 is 13.2 Å². The Morgan fingerprint density at radius 3 is 2.48 bits per heavy atom. The molecule has 3 aromatic rings. The zero-order chi connectivity index (χ0) is 20.9.